The molecule has 0 aliphatic carbocycles. The van der Waals surface area contributed by atoms with Gasteiger partial charge in [-0.15, -0.1) is 12.6 Å². The number of carbonyl (C=O) groups is 1. The van der Waals surface area contributed by atoms with Crippen LogP contribution in [0.5, 0.6) is 0 Å². The fraction of sp³-hybridized carbons (Fsp3) is 0.0500. The minimum atomic E-state index is -0.662. The minimum Gasteiger partial charge on any atom is -0.381 e. The molecular formula is C20H15F2NOS. The molecule has 0 unspecified atom stereocenters. The van der Waals surface area contributed by atoms with E-state index in [1.807, 2.05) is 0 Å². The highest BCUT2D eigenvalue weighted by Crippen LogP contribution is 2.30. The van der Waals surface area contributed by atoms with E-state index in [9.17, 15) is 13.6 Å². The van der Waals surface area contributed by atoms with Gasteiger partial charge in [0.1, 0.15) is 17.9 Å². The SMILES string of the molecule is O=Cc1ccccc1CNc1cc(F)c(-c2cccc(S)c2)c(F)c1. The van der Waals surface area contributed by atoms with Crippen molar-refractivity contribution in [3.8, 4) is 11.1 Å². The van der Waals surface area contributed by atoms with Crippen LogP contribution in [0.2, 0.25) is 0 Å². The molecular weight excluding hydrogens is 340 g/mol. The van der Waals surface area contributed by atoms with E-state index >= 15 is 0 Å². The molecule has 0 aliphatic rings. The van der Waals surface area contributed by atoms with Crippen molar-refractivity contribution in [1.82, 2.24) is 0 Å². The Hall–Kier alpha value is -2.66. The molecule has 3 rings (SSSR count). The van der Waals surface area contributed by atoms with Gasteiger partial charge < -0.3 is 5.32 Å². The van der Waals surface area contributed by atoms with Gasteiger partial charge >= 0.3 is 0 Å². The Morgan fingerprint density at radius 3 is 2.36 bits per heavy atom. The van der Waals surface area contributed by atoms with Crippen molar-refractivity contribution < 1.29 is 13.6 Å². The highest BCUT2D eigenvalue weighted by Gasteiger charge is 2.14. The average molecular weight is 355 g/mol. The number of rotatable bonds is 5. The highest BCUT2D eigenvalue weighted by atomic mass is 32.1. The Morgan fingerprint density at radius 1 is 0.960 bits per heavy atom. The van der Waals surface area contributed by atoms with Gasteiger partial charge in [-0.3, -0.25) is 4.79 Å². The fourth-order valence-electron chi connectivity index (χ4n) is 2.62. The van der Waals surface area contributed by atoms with Gasteiger partial charge in [-0.2, -0.15) is 0 Å². The highest BCUT2D eigenvalue weighted by molar-refractivity contribution is 7.80. The quantitative estimate of drug-likeness (QED) is 0.477. The normalized spacial score (nSPS) is 10.5. The van der Waals surface area contributed by atoms with Gasteiger partial charge in [-0.1, -0.05) is 36.4 Å². The molecule has 0 heterocycles. The van der Waals surface area contributed by atoms with E-state index in [0.29, 0.717) is 28.3 Å². The van der Waals surface area contributed by atoms with Crippen molar-refractivity contribution in [2.75, 3.05) is 5.32 Å². The van der Waals surface area contributed by atoms with Gasteiger partial charge in [0.15, 0.2) is 0 Å². The van der Waals surface area contributed by atoms with Gasteiger partial charge in [0.05, 0.1) is 5.56 Å². The lowest BCUT2D eigenvalue weighted by Gasteiger charge is -2.12. The van der Waals surface area contributed by atoms with Crippen molar-refractivity contribution in [3.05, 3.63) is 83.4 Å². The largest absolute Gasteiger partial charge is 0.381 e. The number of anilines is 1. The van der Waals surface area contributed by atoms with Gasteiger partial charge in [0.25, 0.3) is 0 Å². The van der Waals surface area contributed by atoms with Crippen LogP contribution in [0, 0.1) is 11.6 Å². The van der Waals surface area contributed by atoms with E-state index in [1.165, 1.54) is 12.1 Å². The third-order valence-electron chi connectivity index (χ3n) is 3.84. The number of benzene rings is 3. The van der Waals surface area contributed by atoms with E-state index in [1.54, 1.807) is 48.5 Å². The molecule has 0 aromatic heterocycles. The van der Waals surface area contributed by atoms with Crippen LogP contribution in [0.1, 0.15) is 15.9 Å². The third kappa shape index (κ3) is 3.88. The van der Waals surface area contributed by atoms with Crippen molar-refractivity contribution in [3.63, 3.8) is 0 Å². The van der Waals surface area contributed by atoms with Crippen LogP contribution in [0.15, 0.2) is 65.6 Å². The van der Waals surface area contributed by atoms with Crippen molar-refractivity contribution in [2.24, 2.45) is 0 Å². The zero-order valence-corrected chi connectivity index (χ0v) is 14.1. The van der Waals surface area contributed by atoms with Crippen molar-refractivity contribution in [2.45, 2.75) is 11.4 Å². The van der Waals surface area contributed by atoms with Gasteiger partial charge in [0, 0.05) is 22.7 Å². The van der Waals surface area contributed by atoms with Gasteiger partial charge in [-0.25, -0.2) is 8.78 Å². The van der Waals surface area contributed by atoms with Gasteiger partial charge in [-0.05, 0) is 35.4 Å². The monoisotopic (exact) mass is 355 g/mol. The Balaban J connectivity index is 1.86. The first kappa shape index (κ1) is 17.2. The summed E-state index contributed by atoms with van der Waals surface area (Å²) in [4.78, 5) is 11.7. The van der Waals surface area contributed by atoms with E-state index in [-0.39, 0.29) is 5.56 Å². The standard InChI is InChI=1S/C20H15F2NOS/c21-18-9-16(23-11-14-4-1-2-5-15(14)12-24)10-19(22)20(18)13-6-3-7-17(25)8-13/h1-10,12,23,25H,11H2. The summed E-state index contributed by atoms with van der Waals surface area (Å²) in [7, 11) is 0. The molecule has 0 saturated heterocycles. The van der Waals surface area contributed by atoms with E-state index in [2.05, 4.69) is 17.9 Å². The summed E-state index contributed by atoms with van der Waals surface area (Å²) < 4.78 is 28.9. The molecule has 0 saturated carbocycles. The lowest BCUT2D eigenvalue weighted by Crippen LogP contribution is -2.04. The first-order valence-corrected chi connectivity index (χ1v) is 8.08. The molecule has 3 aromatic rings. The summed E-state index contributed by atoms with van der Waals surface area (Å²) in [5.41, 5.74) is 1.94. The first-order valence-electron chi connectivity index (χ1n) is 7.64. The molecule has 0 atom stereocenters. The smallest absolute Gasteiger partial charge is 0.150 e. The summed E-state index contributed by atoms with van der Waals surface area (Å²) >= 11 is 4.20. The second-order valence-corrected chi connectivity index (χ2v) is 6.05. The molecule has 126 valence electrons. The van der Waals surface area contributed by atoms with Crippen LogP contribution >= 0.6 is 12.6 Å². The zero-order chi connectivity index (χ0) is 17.8. The molecule has 0 fully saturated rings. The first-order chi connectivity index (χ1) is 12.1. The number of carbonyl (C=O) groups excluding carboxylic acids is 1. The second-order valence-electron chi connectivity index (χ2n) is 5.54. The number of hydrogen-bond acceptors (Lipinski definition) is 3. The van der Waals surface area contributed by atoms with Crippen LogP contribution in [-0.2, 0) is 6.54 Å². The molecule has 0 bridgehead atoms. The van der Waals surface area contributed by atoms with E-state index in [0.717, 1.165) is 11.8 Å². The number of hydrogen-bond donors (Lipinski definition) is 2. The maximum Gasteiger partial charge on any atom is 0.150 e. The maximum absolute atomic E-state index is 14.4. The molecule has 25 heavy (non-hydrogen) atoms. The minimum absolute atomic E-state index is 0.0882. The number of nitrogens with one attached hydrogen (secondary N) is 1. The predicted molar refractivity (Wildman–Crippen MR) is 98.2 cm³/mol. The lowest BCUT2D eigenvalue weighted by molar-refractivity contribution is 0.112. The zero-order valence-electron chi connectivity index (χ0n) is 13.2. The van der Waals surface area contributed by atoms with Gasteiger partial charge in [0.2, 0.25) is 0 Å². The Labute approximate surface area is 149 Å². The topological polar surface area (TPSA) is 29.1 Å². The van der Waals surface area contributed by atoms with Crippen LogP contribution in [0.25, 0.3) is 11.1 Å². The molecule has 2 nitrogen and oxygen atoms in total. The molecule has 5 heteroatoms. The second kappa shape index (κ2) is 7.49. The van der Waals surface area contributed by atoms with E-state index < -0.39 is 11.6 Å². The van der Waals surface area contributed by atoms with Crippen LogP contribution in [0.3, 0.4) is 0 Å². The maximum atomic E-state index is 14.4. The number of aldehydes is 1. The van der Waals surface area contributed by atoms with Crippen LogP contribution < -0.4 is 5.32 Å². The fourth-order valence-corrected chi connectivity index (χ4v) is 2.84. The molecule has 0 spiro atoms. The Morgan fingerprint density at radius 2 is 1.68 bits per heavy atom. The van der Waals surface area contributed by atoms with Crippen LogP contribution in [0.4, 0.5) is 14.5 Å². The summed E-state index contributed by atoms with van der Waals surface area (Å²) in [6.07, 6.45) is 0.756. The molecule has 0 aliphatic heterocycles. The van der Waals surface area contributed by atoms with E-state index in [4.69, 9.17) is 0 Å². The molecule has 3 aromatic carbocycles. The number of halogens is 2. The summed E-state index contributed by atoms with van der Waals surface area (Å²) in [6.45, 7) is 0.291. The molecule has 0 radical (unpaired) electrons. The van der Waals surface area contributed by atoms with Crippen molar-refractivity contribution >= 4 is 24.6 Å². The lowest BCUT2D eigenvalue weighted by atomic mass is 10.0. The summed E-state index contributed by atoms with van der Waals surface area (Å²) in [6, 6.07) is 16.2. The van der Waals surface area contributed by atoms with Crippen molar-refractivity contribution in [1.29, 1.82) is 0 Å². The third-order valence-corrected chi connectivity index (χ3v) is 4.12. The molecule has 1 N–H and O–H groups in total. The summed E-state index contributed by atoms with van der Waals surface area (Å²) in [5.74, 6) is -1.32. The Bertz CT molecular complexity index is 904. The molecule has 0 amide bonds. The Kier molecular flexibility index (Phi) is 5.14. The average Bonchev–Trinajstić information content (AvgIpc) is 2.60. The number of thiol groups is 1. The predicted octanol–water partition coefficient (Wildman–Crippen LogP) is 5.35. The summed E-state index contributed by atoms with van der Waals surface area (Å²) in [5, 5.41) is 2.95. The van der Waals surface area contributed by atoms with Crippen LogP contribution in [-0.4, -0.2) is 6.29 Å².